The lowest BCUT2D eigenvalue weighted by atomic mass is 10.1. The lowest BCUT2D eigenvalue weighted by Crippen LogP contribution is -1.89. The summed E-state index contributed by atoms with van der Waals surface area (Å²) in [6, 6.07) is 13.4. The van der Waals surface area contributed by atoms with Crippen LogP contribution < -0.4 is 0 Å². The van der Waals surface area contributed by atoms with Crippen LogP contribution in [0.3, 0.4) is 0 Å². The molecule has 16 heavy (non-hydrogen) atoms. The topological polar surface area (TPSA) is 20.2 Å². The van der Waals surface area contributed by atoms with Crippen molar-refractivity contribution in [1.82, 2.24) is 0 Å². The van der Waals surface area contributed by atoms with E-state index in [-0.39, 0.29) is 0 Å². The molecule has 1 nitrogen and oxygen atoms in total. The maximum Gasteiger partial charge on any atom is 0.115 e. The highest BCUT2D eigenvalue weighted by Crippen LogP contribution is 2.24. The summed E-state index contributed by atoms with van der Waals surface area (Å²) >= 11 is 6.99. The Balaban J connectivity index is 2.26. The summed E-state index contributed by atoms with van der Waals surface area (Å²) in [5.41, 5.74) is 2.40. The molecule has 2 aromatic carbocycles. The van der Waals surface area contributed by atoms with Crippen LogP contribution >= 0.6 is 31.9 Å². The Kier molecular flexibility index (Phi) is 3.66. The maximum atomic E-state index is 9.20. The van der Waals surface area contributed by atoms with Gasteiger partial charge in [-0.2, -0.15) is 0 Å². The molecule has 0 aliphatic heterocycles. The van der Waals surface area contributed by atoms with E-state index in [0.29, 0.717) is 5.75 Å². The molecule has 0 saturated carbocycles. The summed E-state index contributed by atoms with van der Waals surface area (Å²) in [5.74, 6) is 0.303. The van der Waals surface area contributed by atoms with Crippen LogP contribution in [-0.4, -0.2) is 5.11 Å². The SMILES string of the molecule is Oc1ccc(Cc2cc(Br)ccc2Br)cc1. The van der Waals surface area contributed by atoms with Crippen LogP contribution in [0.4, 0.5) is 0 Å². The van der Waals surface area contributed by atoms with E-state index in [1.807, 2.05) is 24.3 Å². The summed E-state index contributed by atoms with van der Waals surface area (Å²) in [4.78, 5) is 0. The van der Waals surface area contributed by atoms with E-state index in [0.717, 1.165) is 15.4 Å². The van der Waals surface area contributed by atoms with Crippen LogP contribution in [-0.2, 0) is 6.42 Å². The zero-order valence-electron chi connectivity index (χ0n) is 8.45. The minimum absolute atomic E-state index is 0.303. The average molecular weight is 342 g/mol. The van der Waals surface area contributed by atoms with Gasteiger partial charge in [0.2, 0.25) is 0 Å². The van der Waals surface area contributed by atoms with Crippen LogP contribution in [0.5, 0.6) is 5.75 Å². The average Bonchev–Trinajstić information content (AvgIpc) is 2.27. The fraction of sp³-hybridized carbons (Fsp3) is 0.0769. The van der Waals surface area contributed by atoms with Gasteiger partial charge in [-0.05, 0) is 47.9 Å². The predicted octanol–water partition coefficient (Wildman–Crippen LogP) is 4.51. The van der Waals surface area contributed by atoms with E-state index in [1.165, 1.54) is 11.1 Å². The monoisotopic (exact) mass is 340 g/mol. The molecule has 0 aliphatic rings. The van der Waals surface area contributed by atoms with Gasteiger partial charge < -0.3 is 5.11 Å². The number of aromatic hydroxyl groups is 1. The van der Waals surface area contributed by atoms with Gasteiger partial charge in [0.1, 0.15) is 5.75 Å². The molecule has 0 bridgehead atoms. The van der Waals surface area contributed by atoms with Gasteiger partial charge >= 0.3 is 0 Å². The van der Waals surface area contributed by atoms with Gasteiger partial charge in [-0.1, -0.05) is 44.0 Å². The van der Waals surface area contributed by atoms with Crippen molar-refractivity contribution in [2.75, 3.05) is 0 Å². The molecule has 0 unspecified atom stereocenters. The molecule has 0 atom stereocenters. The third-order valence-electron chi connectivity index (χ3n) is 2.34. The second kappa shape index (κ2) is 5.02. The van der Waals surface area contributed by atoms with Crippen molar-refractivity contribution >= 4 is 31.9 Å². The van der Waals surface area contributed by atoms with Crippen LogP contribution in [0.15, 0.2) is 51.4 Å². The molecule has 0 fully saturated rings. The van der Waals surface area contributed by atoms with Gasteiger partial charge in [0.25, 0.3) is 0 Å². The normalized spacial score (nSPS) is 10.4. The van der Waals surface area contributed by atoms with E-state index >= 15 is 0 Å². The largest absolute Gasteiger partial charge is 0.508 e. The highest BCUT2D eigenvalue weighted by atomic mass is 79.9. The minimum Gasteiger partial charge on any atom is -0.508 e. The first kappa shape index (κ1) is 11.7. The number of hydrogen-bond acceptors (Lipinski definition) is 1. The molecule has 0 heterocycles. The Morgan fingerprint density at radius 2 is 1.62 bits per heavy atom. The number of benzene rings is 2. The van der Waals surface area contributed by atoms with Gasteiger partial charge in [0.05, 0.1) is 0 Å². The maximum absolute atomic E-state index is 9.20. The fourth-order valence-electron chi connectivity index (χ4n) is 1.51. The molecule has 0 aromatic heterocycles. The standard InChI is InChI=1S/C13H10Br2O/c14-11-3-6-13(15)10(8-11)7-9-1-4-12(16)5-2-9/h1-6,8,16H,7H2. The highest BCUT2D eigenvalue weighted by Gasteiger charge is 2.02. The Bertz CT molecular complexity index is 492. The van der Waals surface area contributed by atoms with Gasteiger partial charge in [0.15, 0.2) is 0 Å². The Labute approximate surface area is 111 Å². The quantitative estimate of drug-likeness (QED) is 0.852. The molecule has 0 radical (unpaired) electrons. The summed E-state index contributed by atoms with van der Waals surface area (Å²) in [5, 5.41) is 9.20. The molecule has 82 valence electrons. The number of halogens is 2. The molecule has 2 rings (SSSR count). The van der Waals surface area contributed by atoms with E-state index in [1.54, 1.807) is 12.1 Å². The Morgan fingerprint density at radius 1 is 0.938 bits per heavy atom. The van der Waals surface area contributed by atoms with Crippen molar-refractivity contribution in [2.45, 2.75) is 6.42 Å². The van der Waals surface area contributed by atoms with Crippen molar-refractivity contribution in [3.8, 4) is 5.75 Å². The third-order valence-corrected chi connectivity index (χ3v) is 3.61. The number of phenolic OH excluding ortho intramolecular Hbond substituents is 1. The van der Waals surface area contributed by atoms with Crippen LogP contribution in [0.2, 0.25) is 0 Å². The van der Waals surface area contributed by atoms with E-state index in [9.17, 15) is 5.11 Å². The minimum atomic E-state index is 0.303. The highest BCUT2D eigenvalue weighted by molar-refractivity contribution is 9.11. The number of hydrogen-bond donors (Lipinski definition) is 1. The molecule has 0 aliphatic carbocycles. The van der Waals surface area contributed by atoms with Crippen LogP contribution in [0.1, 0.15) is 11.1 Å². The zero-order chi connectivity index (χ0) is 11.5. The molecule has 0 saturated heterocycles. The second-order valence-electron chi connectivity index (χ2n) is 3.58. The van der Waals surface area contributed by atoms with Gasteiger partial charge in [-0.15, -0.1) is 0 Å². The van der Waals surface area contributed by atoms with Crippen LogP contribution in [0.25, 0.3) is 0 Å². The Hall–Kier alpha value is -0.800. The lowest BCUT2D eigenvalue weighted by Gasteiger charge is -2.05. The van der Waals surface area contributed by atoms with Gasteiger partial charge in [-0.25, -0.2) is 0 Å². The number of rotatable bonds is 2. The van der Waals surface area contributed by atoms with Crippen LogP contribution in [0, 0.1) is 0 Å². The summed E-state index contributed by atoms with van der Waals surface area (Å²) in [6.45, 7) is 0. The van der Waals surface area contributed by atoms with Crippen molar-refractivity contribution in [3.63, 3.8) is 0 Å². The zero-order valence-corrected chi connectivity index (χ0v) is 11.6. The summed E-state index contributed by atoms with van der Waals surface area (Å²) < 4.78 is 2.17. The first-order valence-corrected chi connectivity index (χ1v) is 6.45. The van der Waals surface area contributed by atoms with E-state index in [2.05, 4.69) is 37.9 Å². The first-order chi connectivity index (χ1) is 7.65. The molecule has 1 N–H and O–H groups in total. The molecule has 2 aromatic rings. The Morgan fingerprint density at radius 3 is 2.31 bits per heavy atom. The number of phenols is 1. The van der Waals surface area contributed by atoms with Gasteiger partial charge in [0, 0.05) is 8.95 Å². The van der Waals surface area contributed by atoms with Crippen molar-refractivity contribution < 1.29 is 5.11 Å². The molecular weight excluding hydrogens is 332 g/mol. The third kappa shape index (κ3) is 2.86. The second-order valence-corrected chi connectivity index (χ2v) is 5.35. The molecule has 3 heteroatoms. The molecular formula is C13H10Br2O. The molecule has 0 amide bonds. The predicted molar refractivity (Wildman–Crippen MR) is 72.8 cm³/mol. The fourth-order valence-corrected chi connectivity index (χ4v) is 2.31. The lowest BCUT2D eigenvalue weighted by molar-refractivity contribution is 0.475. The summed E-state index contributed by atoms with van der Waals surface area (Å²) in [6.07, 6.45) is 0.848. The van der Waals surface area contributed by atoms with E-state index < -0.39 is 0 Å². The van der Waals surface area contributed by atoms with Gasteiger partial charge in [-0.3, -0.25) is 0 Å². The molecule has 0 spiro atoms. The van der Waals surface area contributed by atoms with Crippen molar-refractivity contribution in [3.05, 3.63) is 62.5 Å². The van der Waals surface area contributed by atoms with Crippen molar-refractivity contribution in [2.24, 2.45) is 0 Å². The summed E-state index contributed by atoms with van der Waals surface area (Å²) in [7, 11) is 0. The van der Waals surface area contributed by atoms with E-state index in [4.69, 9.17) is 0 Å². The smallest absolute Gasteiger partial charge is 0.115 e. The first-order valence-electron chi connectivity index (χ1n) is 4.87. The van der Waals surface area contributed by atoms with Crippen molar-refractivity contribution in [1.29, 1.82) is 0 Å².